The van der Waals surface area contributed by atoms with Crippen LogP contribution in [0, 0.1) is 22.2 Å². The zero-order chi connectivity index (χ0) is 10.7. The normalized spacial score (nSPS) is 57.9. The minimum Gasteiger partial charge on any atom is -0.0851 e. The van der Waals surface area contributed by atoms with Gasteiger partial charge in [0, 0.05) is 0 Å². The molecule has 0 aromatic heterocycles. The van der Waals surface area contributed by atoms with Crippen LogP contribution < -0.4 is 0 Å². The van der Waals surface area contributed by atoms with Crippen LogP contribution in [0.1, 0.15) is 59.3 Å². The lowest BCUT2D eigenvalue weighted by Crippen LogP contribution is -2.48. The molecule has 0 spiro atoms. The molecule has 0 aromatic rings. The molecule has 4 unspecified atom stereocenters. The van der Waals surface area contributed by atoms with Gasteiger partial charge in [-0.25, -0.2) is 0 Å². The second-order valence-electron chi connectivity index (χ2n) is 6.94. The average Bonchev–Trinajstić information content (AvgIpc) is 2.34. The molecule has 0 nitrogen and oxygen atoms in total. The second kappa shape index (κ2) is 2.70. The number of hydrogen-bond acceptors (Lipinski definition) is 0. The minimum atomic E-state index is 0.590. The summed E-state index contributed by atoms with van der Waals surface area (Å²) in [7, 11) is 0. The lowest BCUT2D eigenvalue weighted by molar-refractivity contribution is -0.0435. The van der Waals surface area contributed by atoms with E-state index < -0.39 is 0 Å². The predicted molar refractivity (Wildman–Crippen MR) is 64.7 cm³/mol. The second-order valence-corrected chi connectivity index (χ2v) is 6.94. The topological polar surface area (TPSA) is 0 Å². The Kier molecular flexibility index (Phi) is 1.79. The van der Waals surface area contributed by atoms with Gasteiger partial charge in [-0.3, -0.25) is 0 Å². The Bertz CT molecular complexity index is 316. The van der Waals surface area contributed by atoms with Crippen molar-refractivity contribution in [3.8, 4) is 0 Å². The van der Waals surface area contributed by atoms with Crippen LogP contribution in [-0.2, 0) is 0 Å². The molecule has 0 N–H and O–H groups in total. The molecule has 0 amide bonds. The fourth-order valence-corrected chi connectivity index (χ4v) is 5.11. The Labute approximate surface area is 94.1 Å². The van der Waals surface area contributed by atoms with Crippen molar-refractivity contribution in [2.24, 2.45) is 22.2 Å². The molecule has 0 saturated heterocycles. The van der Waals surface area contributed by atoms with Crippen molar-refractivity contribution < 1.29 is 0 Å². The highest BCUT2D eigenvalue weighted by molar-refractivity contribution is 5.23. The number of rotatable bonds is 0. The van der Waals surface area contributed by atoms with E-state index in [1.165, 1.54) is 38.5 Å². The molecular formula is C15H24. The van der Waals surface area contributed by atoms with E-state index in [1.807, 2.05) is 0 Å². The van der Waals surface area contributed by atoms with Crippen LogP contribution in [0.4, 0.5) is 0 Å². The molecule has 0 aromatic carbocycles. The molecule has 84 valence electrons. The van der Waals surface area contributed by atoms with Gasteiger partial charge in [-0.1, -0.05) is 39.3 Å². The molecule has 15 heavy (non-hydrogen) atoms. The summed E-state index contributed by atoms with van der Waals surface area (Å²) in [6, 6.07) is 0. The van der Waals surface area contributed by atoms with Crippen LogP contribution in [0.2, 0.25) is 0 Å². The first-order valence-corrected chi connectivity index (χ1v) is 6.71. The molecule has 2 bridgehead atoms. The Balaban J connectivity index is 2.13. The number of hydrogen-bond donors (Lipinski definition) is 0. The zero-order valence-electron chi connectivity index (χ0n) is 10.5. The lowest BCUT2D eigenvalue weighted by atomic mass is 9.47. The van der Waals surface area contributed by atoms with Gasteiger partial charge in [-0.2, -0.15) is 0 Å². The van der Waals surface area contributed by atoms with Crippen molar-refractivity contribution in [3.63, 3.8) is 0 Å². The zero-order valence-corrected chi connectivity index (χ0v) is 10.5. The monoisotopic (exact) mass is 204 g/mol. The fraction of sp³-hybridized carbons (Fsp3) is 0.867. The standard InChI is InChI=1S/C15H24/c1-12-5-8-15-7-4-6-13(2,9-10-15)14(15,3)11-12/h5,8,12H,4,6-7,9-11H2,1-3H3. The van der Waals surface area contributed by atoms with E-state index in [4.69, 9.17) is 0 Å². The lowest BCUT2D eigenvalue weighted by Gasteiger charge is -2.57. The van der Waals surface area contributed by atoms with Crippen LogP contribution >= 0.6 is 0 Å². The van der Waals surface area contributed by atoms with Gasteiger partial charge < -0.3 is 0 Å². The molecule has 0 heteroatoms. The summed E-state index contributed by atoms with van der Waals surface area (Å²) >= 11 is 0. The first-order valence-electron chi connectivity index (χ1n) is 6.71. The molecule has 0 heterocycles. The molecule has 4 atom stereocenters. The van der Waals surface area contributed by atoms with E-state index >= 15 is 0 Å². The van der Waals surface area contributed by atoms with Gasteiger partial charge in [0.25, 0.3) is 0 Å². The molecule has 2 fully saturated rings. The van der Waals surface area contributed by atoms with E-state index in [0.29, 0.717) is 16.2 Å². The molecule has 0 aliphatic heterocycles. The van der Waals surface area contributed by atoms with Crippen molar-refractivity contribution >= 4 is 0 Å². The third-order valence-electron chi connectivity index (χ3n) is 6.38. The fourth-order valence-electron chi connectivity index (χ4n) is 5.11. The van der Waals surface area contributed by atoms with Gasteiger partial charge >= 0.3 is 0 Å². The van der Waals surface area contributed by atoms with E-state index in [0.717, 1.165) is 5.92 Å². The molecule has 3 aliphatic carbocycles. The summed E-state index contributed by atoms with van der Waals surface area (Å²) in [5, 5.41) is 0. The summed E-state index contributed by atoms with van der Waals surface area (Å²) in [5.41, 5.74) is 1.84. The minimum absolute atomic E-state index is 0.590. The third-order valence-corrected chi connectivity index (χ3v) is 6.38. The maximum atomic E-state index is 2.62. The first kappa shape index (κ1) is 9.93. The SMILES string of the molecule is CC1C=CC23CCCC(C)(CC2)C3(C)C1. The third kappa shape index (κ3) is 0.990. The highest BCUT2D eigenvalue weighted by Crippen LogP contribution is 2.73. The van der Waals surface area contributed by atoms with Crippen LogP contribution in [0.25, 0.3) is 0 Å². The maximum Gasteiger partial charge on any atom is -0.00587 e. The summed E-state index contributed by atoms with van der Waals surface area (Å²) in [5.74, 6) is 0.804. The summed E-state index contributed by atoms with van der Waals surface area (Å²) < 4.78 is 0. The Morgan fingerprint density at radius 1 is 1.07 bits per heavy atom. The smallest absolute Gasteiger partial charge is 0.00587 e. The first-order chi connectivity index (χ1) is 7.02. The predicted octanol–water partition coefficient (Wildman–Crippen LogP) is 4.56. The van der Waals surface area contributed by atoms with Crippen LogP contribution in [0.3, 0.4) is 0 Å². The molecular weight excluding hydrogens is 180 g/mol. The van der Waals surface area contributed by atoms with Gasteiger partial charge in [0.05, 0.1) is 0 Å². The Morgan fingerprint density at radius 2 is 1.87 bits per heavy atom. The van der Waals surface area contributed by atoms with E-state index in [-0.39, 0.29) is 0 Å². The van der Waals surface area contributed by atoms with Crippen molar-refractivity contribution in [3.05, 3.63) is 12.2 Å². The van der Waals surface area contributed by atoms with Gasteiger partial charge in [0.1, 0.15) is 0 Å². The number of allylic oxidation sites excluding steroid dienone is 2. The van der Waals surface area contributed by atoms with Gasteiger partial charge in [-0.15, -0.1) is 0 Å². The highest BCUT2D eigenvalue weighted by Gasteiger charge is 2.64. The molecule has 3 aliphatic rings. The maximum absolute atomic E-state index is 2.62. The van der Waals surface area contributed by atoms with Gasteiger partial charge in [-0.05, 0) is 54.3 Å². The molecule has 3 rings (SSSR count). The molecule has 0 radical (unpaired) electrons. The van der Waals surface area contributed by atoms with Crippen LogP contribution in [0.15, 0.2) is 12.2 Å². The quantitative estimate of drug-likeness (QED) is 0.507. The largest absolute Gasteiger partial charge is 0.0851 e. The van der Waals surface area contributed by atoms with Crippen molar-refractivity contribution in [2.75, 3.05) is 0 Å². The van der Waals surface area contributed by atoms with Crippen molar-refractivity contribution in [2.45, 2.75) is 59.3 Å². The van der Waals surface area contributed by atoms with Gasteiger partial charge in [0.2, 0.25) is 0 Å². The van der Waals surface area contributed by atoms with Crippen LogP contribution in [-0.4, -0.2) is 0 Å². The molecule has 2 saturated carbocycles. The van der Waals surface area contributed by atoms with Gasteiger partial charge in [0.15, 0.2) is 0 Å². The van der Waals surface area contributed by atoms with Crippen molar-refractivity contribution in [1.29, 1.82) is 0 Å². The highest BCUT2D eigenvalue weighted by atomic mass is 14.7. The van der Waals surface area contributed by atoms with E-state index in [1.54, 1.807) is 0 Å². The summed E-state index contributed by atoms with van der Waals surface area (Å²) in [6.45, 7) is 7.56. The van der Waals surface area contributed by atoms with E-state index in [9.17, 15) is 0 Å². The summed E-state index contributed by atoms with van der Waals surface area (Å²) in [6.07, 6.45) is 13.9. The van der Waals surface area contributed by atoms with Crippen molar-refractivity contribution in [1.82, 2.24) is 0 Å². The van der Waals surface area contributed by atoms with Crippen LogP contribution in [0.5, 0.6) is 0 Å². The Hall–Kier alpha value is -0.260. The average molecular weight is 204 g/mol. The Morgan fingerprint density at radius 3 is 2.67 bits per heavy atom. The van der Waals surface area contributed by atoms with E-state index in [2.05, 4.69) is 32.9 Å². The summed E-state index contributed by atoms with van der Waals surface area (Å²) in [4.78, 5) is 0.